The molecule has 0 bridgehead atoms. The van der Waals surface area contributed by atoms with E-state index in [2.05, 4.69) is 0 Å². The molecule has 2 aliphatic heterocycles. The smallest absolute Gasteiger partial charge is 0.311 e. The summed E-state index contributed by atoms with van der Waals surface area (Å²) in [5.74, 6) is -0.818. The molecule has 0 radical (unpaired) electrons. The highest BCUT2D eigenvalue weighted by molar-refractivity contribution is 5.74. The van der Waals surface area contributed by atoms with Gasteiger partial charge in [0, 0.05) is 0 Å². The lowest BCUT2D eigenvalue weighted by atomic mass is 10.0. The van der Waals surface area contributed by atoms with Crippen LogP contribution in [0.3, 0.4) is 0 Å². The second-order valence-corrected chi connectivity index (χ2v) is 3.93. The van der Waals surface area contributed by atoms with Crippen molar-refractivity contribution in [2.75, 3.05) is 13.2 Å². The Bertz CT molecular complexity index is 224. The van der Waals surface area contributed by atoms with Gasteiger partial charge in [-0.1, -0.05) is 0 Å². The zero-order valence-corrected chi connectivity index (χ0v) is 7.91. The van der Waals surface area contributed by atoms with Gasteiger partial charge in [0.05, 0.1) is 25.2 Å². The van der Waals surface area contributed by atoms with E-state index in [1.54, 1.807) is 0 Å². The molecule has 4 nitrogen and oxygen atoms in total. The summed E-state index contributed by atoms with van der Waals surface area (Å²) in [6.07, 6.45) is 0.633. The Morgan fingerprint density at radius 1 is 1.46 bits per heavy atom. The summed E-state index contributed by atoms with van der Waals surface area (Å²) in [7, 11) is 0. The van der Waals surface area contributed by atoms with Gasteiger partial charge in [-0.25, -0.2) is 0 Å². The minimum Gasteiger partial charge on any atom is -0.465 e. The molecule has 74 valence electrons. The van der Waals surface area contributed by atoms with E-state index in [0.717, 1.165) is 6.42 Å². The molecule has 0 N–H and O–H groups in total. The Kier molecular flexibility index (Phi) is 2.04. The third-order valence-corrected chi connectivity index (χ3v) is 2.46. The topological polar surface area (TPSA) is 44.8 Å². The van der Waals surface area contributed by atoms with Gasteiger partial charge in [-0.15, -0.1) is 0 Å². The van der Waals surface area contributed by atoms with E-state index in [-0.39, 0.29) is 18.0 Å². The van der Waals surface area contributed by atoms with Crippen LogP contribution in [0.2, 0.25) is 0 Å². The first-order valence-corrected chi connectivity index (χ1v) is 4.57. The van der Waals surface area contributed by atoms with Gasteiger partial charge in [0.1, 0.15) is 0 Å². The standard InChI is InChI=1S/C9H14O4/c1-9(2)12-5-7(13-9)6-3-4-11-8(6)10/h6-7H,3-5H2,1-2H3/t6-,7+/m0/s1. The Hall–Kier alpha value is -0.610. The number of carbonyl (C=O) groups excluding carboxylic acids is 1. The van der Waals surface area contributed by atoms with E-state index in [9.17, 15) is 4.79 Å². The fraction of sp³-hybridized carbons (Fsp3) is 0.889. The quantitative estimate of drug-likeness (QED) is 0.565. The molecule has 0 spiro atoms. The molecule has 0 unspecified atom stereocenters. The minimum absolute atomic E-state index is 0.120. The fourth-order valence-corrected chi connectivity index (χ4v) is 1.76. The molecular formula is C9H14O4. The number of rotatable bonds is 1. The van der Waals surface area contributed by atoms with Gasteiger partial charge in [-0.3, -0.25) is 4.79 Å². The van der Waals surface area contributed by atoms with Gasteiger partial charge in [0.25, 0.3) is 0 Å². The van der Waals surface area contributed by atoms with Crippen molar-refractivity contribution in [2.24, 2.45) is 5.92 Å². The molecule has 2 rings (SSSR count). The van der Waals surface area contributed by atoms with E-state index < -0.39 is 5.79 Å². The predicted molar refractivity (Wildman–Crippen MR) is 44.0 cm³/mol. The van der Waals surface area contributed by atoms with Gasteiger partial charge in [-0.05, 0) is 20.3 Å². The average Bonchev–Trinajstić information content (AvgIpc) is 2.56. The maximum Gasteiger partial charge on any atom is 0.311 e. The monoisotopic (exact) mass is 186 g/mol. The van der Waals surface area contributed by atoms with Crippen LogP contribution in [-0.2, 0) is 19.0 Å². The molecular weight excluding hydrogens is 172 g/mol. The Morgan fingerprint density at radius 2 is 2.23 bits per heavy atom. The van der Waals surface area contributed by atoms with Crippen LogP contribution in [-0.4, -0.2) is 31.1 Å². The van der Waals surface area contributed by atoms with Crippen molar-refractivity contribution >= 4 is 5.97 Å². The number of hydrogen-bond acceptors (Lipinski definition) is 4. The average molecular weight is 186 g/mol. The summed E-state index contributed by atoms with van der Waals surface area (Å²) in [5.41, 5.74) is 0. The highest BCUT2D eigenvalue weighted by atomic mass is 16.7. The Morgan fingerprint density at radius 3 is 2.69 bits per heavy atom. The lowest BCUT2D eigenvalue weighted by Gasteiger charge is -2.18. The molecule has 13 heavy (non-hydrogen) atoms. The van der Waals surface area contributed by atoms with Crippen molar-refractivity contribution in [1.82, 2.24) is 0 Å². The number of cyclic esters (lactones) is 1. The summed E-state index contributed by atoms with van der Waals surface area (Å²) in [6.45, 7) is 4.72. The number of ether oxygens (including phenoxy) is 3. The van der Waals surface area contributed by atoms with Crippen LogP contribution in [0, 0.1) is 5.92 Å². The van der Waals surface area contributed by atoms with Crippen LogP contribution in [0.15, 0.2) is 0 Å². The van der Waals surface area contributed by atoms with Crippen molar-refractivity contribution in [2.45, 2.75) is 32.2 Å². The van der Waals surface area contributed by atoms with Crippen molar-refractivity contribution in [1.29, 1.82) is 0 Å². The first-order valence-electron chi connectivity index (χ1n) is 4.57. The van der Waals surface area contributed by atoms with E-state index in [4.69, 9.17) is 14.2 Å². The molecule has 2 fully saturated rings. The van der Waals surface area contributed by atoms with Crippen LogP contribution in [0.4, 0.5) is 0 Å². The molecule has 0 saturated carbocycles. The zero-order chi connectivity index (χ0) is 9.47. The number of carbonyl (C=O) groups is 1. The van der Waals surface area contributed by atoms with Crippen molar-refractivity contribution in [3.8, 4) is 0 Å². The number of hydrogen-bond donors (Lipinski definition) is 0. The summed E-state index contributed by atoms with van der Waals surface area (Å²) in [4.78, 5) is 11.2. The highest BCUT2D eigenvalue weighted by Gasteiger charge is 2.43. The molecule has 0 amide bonds. The molecule has 0 aliphatic carbocycles. The van der Waals surface area contributed by atoms with E-state index in [0.29, 0.717) is 13.2 Å². The zero-order valence-electron chi connectivity index (χ0n) is 7.91. The van der Waals surface area contributed by atoms with Crippen molar-refractivity contribution in [3.05, 3.63) is 0 Å². The lowest BCUT2D eigenvalue weighted by molar-refractivity contribution is -0.155. The Balaban J connectivity index is 1.99. The Labute approximate surface area is 77.1 Å². The fourth-order valence-electron chi connectivity index (χ4n) is 1.76. The van der Waals surface area contributed by atoms with E-state index in [1.807, 2.05) is 13.8 Å². The normalized spacial score (nSPS) is 37.8. The van der Waals surface area contributed by atoms with Crippen LogP contribution < -0.4 is 0 Å². The minimum atomic E-state index is -0.548. The molecule has 0 aromatic rings. The van der Waals surface area contributed by atoms with Gasteiger partial charge in [-0.2, -0.15) is 0 Å². The van der Waals surface area contributed by atoms with Gasteiger partial charge in [0.15, 0.2) is 5.79 Å². The summed E-state index contributed by atoms with van der Waals surface area (Å²) < 4.78 is 15.8. The summed E-state index contributed by atoms with van der Waals surface area (Å²) in [5, 5.41) is 0. The van der Waals surface area contributed by atoms with Crippen LogP contribution in [0.25, 0.3) is 0 Å². The first-order chi connectivity index (χ1) is 6.08. The largest absolute Gasteiger partial charge is 0.465 e. The molecule has 2 aliphatic rings. The molecule has 2 heterocycles. The third-order valence-electron chi connectivity index (χ3n) is 2.46. The second-order valence-electron chi connectivity index (χ2n) is 3.93. The molecule has 0 aromatic heterocycles. The summed E-state index contributed by atoms with van der Waals surface area (Å²) >= 11 is 0. The first kappa shape index (κ1) is 8.97. The highest BCUT2D eigenvalue weighted by Crippen LogP contribution is 2.30. The lowest BCUT2D eigenvalue weighted by Crippen LogP contribution is -2.29. The van der Waals surface area contributed by atoms with Gasteiger partial charge >= 0.3 is 5.97 Å². The summed E-state index contributed by atoms with van der Waals surface area (Å²) in [6, 6.07) is 0. The molecule has 4 heteroatoms. The second kappa shape index (κ2) is 2.96. The van der Waals surface area contributed by atoms with E-state index >= 15 is 0 Å². The molecule has 2 saturated heterocycles. The number of esters is 1. The van der Waals surface area contributed by atoms with Crippen molar-refractivity contribution < 1.29 is 19.0 Å². The van der Waals surface area contributed by atoms with Crippen LogP contribution in [0.5, 0.6) is 0 Å². The van der Waals surface area contributed by atoms with Crippen LogP contribution in [0.1, 0.15) is 20.3 Å². The van der Waals surface area contributed by atoms with E-state index in [1.165, 1.54) is 0 Å². The predicted octanol–water partition coefficient (Wildman–Crippen LogP) is 0.701. The van der Waals surface area contributed by atoms with Crippen LogP contribution >= 0.6 is 0 Å². The third kappa shape index (κ3) is 1.69. The van der Waals surface area contributed by atoms with Crippen molar-refractivity contribution in [3.63, 3.8) is 0 Å². The SMILES string of the molecule is CC1(C)OC[C@H]([C@@H]2CCOC2=O)O1. The van der Waals surface area contributed by atoms with Gasteiger partial charge < -0.3 is 14.2 Å². The molecule has 2 atom stereocenters. The molecule has 0 aromatic carbocycles. The maximum absolute atomic E-state index is 11.2. The van der Waals surface area contributed by atoms with Gasteiger partial charge in [0.2, 0.25) is 0 Å². The maximum atomic E-state index is 11.2.